The van der Waals surface area contributed by atoms with Crippen LogP contribution in [0.4, 0.5) is 4.39 Å². The second-order valence-electron chi connectivity index (χ2n) is 6.08. The number of halogens is 1. The third-order valence-electron chi connectivity index (χ3n) is 4.30. The molecule has 0 aliphatic heterocycles. The summed E-state index contributed by atoms with van der Waals surface area (Å²) in [7, 11) is 1.28. The van der Waals surface area contributed by atoms with E-state index in [0.29, 0.717) is 33.1 Å². The second-order valence-corrected chi connectivity index (χ2v) is 7.03. The van der Waals surface area contributed by atoms with Crippen molar-refractivity contribution < 1.29 is 18.3 Å². The molecule has 8 heteroatoms. The fourth-order valence-electron chi connectivity index (χ4n) is 2.89. The topological polar surface area (TPSA) is 74.3 Å². The number of ether oxygens (including phenoxy) is 1. The number of benzene rings is 2. The number of hydrogen-bond donors (Lipinski definition) is 0. The molecule has 6 nitrogen and oxygen atoms in total. The summed E-state index contributed by atoms with van der Waals surface area (Å²) in [5, 5.41) is 0.872. The SMILES string of the molecule is COC(=O)c1occc1CSc1nc2ccccc2c(=O)n1-c1ccc(F)cc1. The standard InChI is InChI=1S/C21H15FN2O4S/c1-27-20(26)18-13(10-11-28-18)12-29-21-23-17-5-3-2-4-16(17)19(25)24(21)15-8-6-14(22)7-9-15/h2-11H,12H2,1H3. The maximum atomic E-state index is 13.4. The van der Waals surface area contributed by atoms with Crippen molar-refractivity contribution in [3.05, 3.63) is 88.4 Å². The smallest absolute Gasteiger partial charge is 0.374 e. The van der Waals surface area contributed by atoms with E-state index >= 15 is 0 Å². The third kappa shape index (κ3) is 3.66. The number of esters is 1. The first-order valence-corrected chi connectivity index (χ1v) is 9.62. The molecule has 0 unspecified atom stereocenters. The fraction of sp³-hybridized carbons (Fsp3) is 0.0952. The number of thioether (sulfide) groups is 1. The highest BCUT2D eigenvalue weighted by Crippen LogP contribution is 2.27. The molecule has 4 aromatic rings. The van der Waals surface area contributed by atoms with Gasteiger partial charge in [-0.1, -0.05) is 23.9 Å². The summed E-state index contributed by atoms with van der Waals surface area (Å²) in [4.78, 5) is 29.6. The summed E-state index contributed by atoms with van der Waals surface area (Å²) in [6, 6.07) is 14.3. The van der Waals surface area contributed by atoms with E-state index in [4.69, 9.17) is 9.15 Å². The van der Waals surface area contributed by atoms with E-state index in [1.165, 1.54) is 54.0 Å². The molecule has 0 fully saturated rings. The van der Waals surface area contributed by atoms with Gasteiger partial charge >= 0.3 is 5.97 Å². The molecule has 0 amide bonds. The van der Waals surface area contributed by atoms with Gasteiger partial charge < -0.3 is 9.15 Å². The lowest BCUT2D eigenvalue weighted by Gasteiger charge is -2.13. The molecule has 0 N–H and O–H groups in total. The van der Waals surface area contributed by atoms with E-state index in [9.17, 15) is 14.0 Å². The van der Waals surface area contributed by atoms with Crippen LogP contribution < -0.4 is 5.56 Å². The van der Waals surface area contributed by atoms with Gasteiger partial charge in [0.15, 0.2) is 5.16 Å². The van der Waals surface area contributed by atoms with Crippen LogP contribution in [-0.2, 0) is 10.5 Å². The molecule has 2 aromatic heterocycles. The molecule has 29 heavy (non-hydrogen) atoms. The van der Waals surface area contributed by atoms with Gasteiger partial charge in [-0.2, -0.15) is 0 Å². The van der Waals surface area contributed by atoms with Crippen molar-refractivity contribution in [3.8, 4) is 5.69 Å². The zero-order chi connectivity index (χ0) is 20.4. The summed E-state index contributed by atoms with van der Waals surface area (Å²) in [6.45, 7) is 0. The molecule has 2 heterocycles. The lowest BCUT2D eigenvalue weighted by Crippen LogP contribution is -2.21. The molecule has 146 valence electrons. The van der Waals surface area contributed by atoms with Crippen LogP contribution in [0, 0.1) is 5.82 Å². The van der Waals surface area contributed by atoms with E-state index in [1.807, 2.05) is 0 Å². The van der Waals surface area contributed by atoms with Crippen LogP contribution in [0.1, 0.15) is 16.1 Å². The minimum Gasteiger partial charge on any atom is -0.463 e. The first-order chi connectivity index (χ1) is 14.1. The van der Waals surface area contributed by atoms with Gasteiger partial charge in [0, 0.05) is 11.3 Å². The first-order valence-electron chi connectivity index (χ1n) is 8.63. The predicted octanol–water partition coefficient (Wildman–Crippen LogP) is 4.20. The Morgan fingerprint density at radius 1 is 1.17 bits per heavy atom. The molecule has 2 aromatic carbocycles. The number of rotatable bonds is 5. The lowest BCUT2D eigenvalue weighted by atomic mass is 10.2. The molecule has 0 saturated heterocycles. The highest BCUT2D eigenvalue weighted by atomic mass is 32.2. The monoisotopic (exact) mass is 410 g/mol. The van der Waals surface area contributed by atoms with Crippen molar-refractivity contribution in [3.63, 3.8) is 0 Å². The number of carbonyl (C=O) groups excluding carboxylic acids is 1. The number of carbonyl (C=O) groups is 1. The first kappa shape index (κ1) is 18.9. The second kappa shape index (κ2) is 7.92. The molecule has 0 radical (unpaired) electrons. The average molecular weight is 410 g/mol. The highest BCUT2D eigenvalue weighted by Gasteiger charge is 2.18. The Hall–Kier alpha value is -3.39. The summed E-state index contributed by atoms with van der Waals surface area (Å²) in [5.41, 5.74) is 1.41. The van der Waals surface area contributed by atoms with Gasteiger partial charge in [0.1, 0.15) is 5.82 Å². The van der Waals surface area contributed by atoms with E-state index in [0.717, 1.165) is 0 Å². The van der Waals surface area contributed by atoms with Crippen molar-refractivity contribution in [1.29, 1.82) is 0 Å². The Kier molecular flexibility index (Phi) is 5.18. The predicted molar refractivity (Wildman–Crippen MR) is 107 cm³/mol. The number of nitrogens with zero attached hydrogens (tertiary/aromatic N) is 2. The van der Waals surface area contributed by atoms with Crippen LogP contribution in [0.2, 0.25) is 0 Å². The fourth-order valence-corrected chi connectivity index (χ4v) is 3.88. The van der Waals surface area contributed by atoms with Crippen LogP contribution in [0.5, 0.6) is 0 Å². The average Bonchev–Trinajstić information content (AvgIpc) is 3.21. The number of para-hydroxylation sites is 1. The minimum atomic E-state index is -0.576. The van der Waals surface area contributed by atoms with Crippen molar-refractivity contribution in [2.75, 3.05) is 7.11 Å². The zero-order valence-electron chi connectivity index (χ0n) is 15.3. The van der Waals surface area contributed by atoms with Gasteiger partial charge in [-0.25, -0.2) is 14.2 Å². The normalized spacial score (nSPS) is 11.0. The molecule has 0 bridgehead atoms. The zero-order valence-corrected chi connectivity index (χ0v) is 16.1. The van der Waals surface area contributed by atoms with E-state index < -0.39 is 11.8 Å². The number of aromatic nitrogens is 2. The maximum Gasteiger partial charge on any atom is 0.374 e. The van der Waals surface area contributed by atoms with Gasteiger partial charge in [-0.05, 0) is 42.5 Å². The molecular formula is C21H15FN2O4S. The Bertz CT molecular complexity index is 1250. The molecule has 0 atom stereocenters. The number of furan rings is 1. The summed E-state index contributed by atoms with van der Waals surface area (Å²) >= 11 is 1.27. The van der Waals surface area contributed by atoms with Gasteiger partial charge in [0.2, 0.25) is 5.76 Å². The molecule has 4 rings (SSSR count). The summed E-state index contributed by atoms with van der Waals surface area (Å²) < 4.78 is 24.7. The van der Waals surface area contributed by atoms with Crippen LogP contribution in [0.15, 0.2) is 75.2 Å². The summed E-state index contributed by atoms with van der Waals surface area (Å²) in [6.07, 6.45) is 1.41. The quantitative estimate of drug-likeness (QED) is 0.279. The van der Waals surface area contributed by atoms with Crippen molar-refractivity contribution >= 4 is 28.6 Å². The van der Waals surface area contributed by atoms with Crippen molar-refractivity contribution in [2.45, 2.75) is 10.9 Å². The summed E-state index contributed by atoms with van der Waals surface area (Å²) in [5.74, 6) is -0.539. The van der Waals surface area contributed by atoms with Gasteiger partial charge in [0.05, 0.1) is 30.0 Å². The van der Waals surface area contributed by atoms with Gasteiger partial charge in [0.25, 0.3) is 5.56 Å². The maximum absolute atomic E-state index is 13.4. The Morgan fingerprint density at radius 2 is 1.93 bits per heavy atom. The van der Waals surface area contributed by atoms with E-state index in [2.05, 4.69) is 4.98 Å². The highest BCUT2D eigenvalue weighted by molar-refractivity contribution is 7.98. The van der Waals surface area contributed by atoms with Crippen LogP contribution >= 0.6 is 11.8 Å². The van der Waals surface area contributed by atoms with Gasteiger partial charge in [-0.3, -0.25) is 9.36 Å². The van der Waals surface area contributed by atoms with Crippen molar-refractivity contribution in [2.24, 2.45) is 0 Å². The molecule has 0 aliphatic carbocycles. The number of methoxy groups -OCH3 is 1. The number of hydrogen-bond acceptors (Lipinski definition) is 6. The van der Waals surface area contributed by atoms with Gasteiger partial charge in [-0.15, -0.1) is 0 Å². The lowest BCUT2D eigenvalue weighted by molar-refractivity contribution is 0.0564. The van der Waals surface area contributed by atoms with E-state index in [-0.39, 0.29) is 11.3 Å². The van der Waals surface area contributed by atoms with Crippen LogP contribution in [0.3, 0.4) is 0 Å². The van der Waals surface area contributed by atoms with E-state index in [1.54, 1.807) is 30.3 Å². The largest absolute Gasteiger partial charge is 0.463 e. The Morgan fingerprint density at radius 3 is 2.69 bits per heavy atom. The molecule has 0 spiro atoms. The van der Waals surface area contributed by atoms with Crippen LogP contribution in [0.25, 0.3) is 16.6 Å². The van der Waals surface area contributed by atoms with Crippen molar-refractivity contribution in [1.82, 2.24) is 9.55 Å². The molecule has 0 aliphatic rings. The third-order valence-corrected chi connectivity index (χ3v) is 5.29. The Balaban J connectivity index is 1.80. The minimum absolute atomic E-state index is 0.108. The number of fused-ring (bicyclic) bond motifs is 1. The molecular weight excluding hydrogens is 395 g/mol. The Labute approximate surface area is 168 Å². The molecule has 0 saturated carbocycles. The van der Waals surface area contributed by atoms with Crippen LogP contribution in [-0.4, -0.2) is 22.6 Å².